The zero-order valence-corrected chi connectivity index (χ0v) is 8.59. The SMILES string of the molecule is OC(c1ccnnc1)c1ccccc1Cl. The maximum Gasteiger partial charge on any atom is 0.107 e. The third-order valence-corrected chi connectivity index (χ3v) is 2.47. The zero-order valence-electron chi connectivity index (χ0n) is 7.84. The first-order valence-corrected chi connectivity index (χ1v) is 4.86. The molecule has 76 valence electrons. The normalized spacial score (nSPS) is 12.4. The summed E-state index contributed by atoms with van der Waals surface area (Å²) < 4.78 is 0. The first-order chi connectivity index (χ1) is 7.29. The number of halogens is 1. The molecular formula is C11H9ClN2O. The van der Waals surface area contributed by atoms with Gasteiger partial charge in [-0.15, -0.1) is 0 Å². The second-order valence-corrected chi connectivity index (χ2v) is 3.51. The molecule has 0 aliphatic rings. The van der Waals surface area contributed by atoms with Crippen LogP contribution in [0.15, 0.2) is 42.7 Å². The van der Waals surface area contributed by atoms with Gasteiger partial charge in [-0.1, -0.05) is 29.8 Å². The van der Waals surface area contributed by atoms with E-state index in [0.717, 1.165) is 0 Å². The highest BCUT2D eigenvalue weighted by molar-refractivity contribution is 6.31. The van der Waals surface area contributed by atoms with Crippen LogP contribution in [0.3, 0.4) is 0 Å². The third-order valence-electron chi connectivity index (χ3n) is 2.12. The molecule has 0 spiro atoms. The van der Waals surface area contributed by atoms with Crippen molar-refractivity contribution in [3.05, 3.63) is 58.9 Å². The average Bonchev–Trinajstić information content (AvgIpc) is 2.30. The van der Waals surface area contributed by atoms with Crippen molar-refractivity contribution >= 4 is 11.6 Å². The van der Waals surface area contributed by atoms with E-state index in [9.17, 15) is 5.11 Å². The summed E-state index contributed by atoms with van der Waals surface area (Å²) in [6.45, 7) is 0. The third kappa shape index (κ3) is 2.14. The molecule has 2 aromatic rings. The summed E-state index contributed by atoms with van der Waals surface area (Å²) in [7, 11) is 0. The molecule has 1 N–H and O–H groups in total. The quantitative estimate of drug-likeness (QED) is 0.844. The number of hydrogen-bond acceptors (Lipinski definition) is 3. The van der Waals surface area contributed by atoms with Crippen molar-refractivity contribution in [2.75, 3.05) is 0 Å². The van der Waals surface area contributed by atoms with Crippen LogP contribution in [0.1, 0.15) is 17.2 Å². The van der Waals surface area contributed by atoms with Crippen LogP contribution >= 0.6 is 11.6 Å². The van der Waals surface area contributed by atoms with E-state index in [1.165, 1.54) is 12.4 Å². The van der Waals surface area contributed by atoms with Crippen LogP contribution in [0.2, 0.25) is 5.02 Å². The molecule has 0 amide bonds. The monoisotopic (exact) mass is 220 g/mol. The molecule has 15 heavy (non-hydrogen) atoms. The molecule has 4 heteroatoms. The summed E-state index contributed by atoms with van der Waals surface area (Å²) in [6, 6.07) is 8.89. The summed E-state index contributed by atoms with van der Waals surface area (Å²) in [6.07, 6.45) is 2.30. The van der Waals surface area contributed by atoms with Crippen LogP contribution in [-0.2, 0) is 0 Å². The molecule has 1 unspecified atom stereocenters. The molecule has 0 radical (unpaired) electrons. The Morgan fingerprint density at radius 3 is 2.60 bits per heavy atom. The second-order valence-electron chi connectivity index (χ2n) is 3.10. The maximum atomic E-state index is 10.0. The predicted octanol–water partition coefficient (Wildman–Crippen LogP) is 2.21. The molecule has 0 fully saturated rings. The Balaban J connectivity index is 2.37. The fraction of sp³-hybridized carbons (Fsp3) is 0.0909. The van der Waals surface area contributed by atoms with Crippen molar-refractivity contribution in [1.29, 1.82) is 0 Å². The van der Waals surface area contributed by atoms with E-state index in [1.54, 1.807) is 18.2 Å². The smallest absolute Gasteiger partial charge is 0.107 e. The van der Waals surface area contributed by atoms with E-state index >= 15 is 0 Å². The highest BCUT2D eigenvalue weighted by atomic mass is 35.5. The van der Waals surface area contributed by atoms with E-state index in [-0.39, 0.29) is 0 Å². The molecule has 0 aliphatic carbocycles. The largest absolute Gasteiger partial charge is 0.384 e. The van der Waals surface area contributed by atoms with Gasteiger partial charge in [-0.05, 0) is 12.1 Å². The van der Waals surface area contributed by atoms with Gasteiger partial charge in [0, 0.05) is 22.3 Å². The Hall–Kier alpha value is -1.45. The van der Waals surface area contributed by atoms with Crippen LogP contribution in [-0.4, -0.2) is 15.3 Å². The van der Waals surface area contributed by atoms with E-state index in [4.69, 9.17) is 11.6 Å². The van der Waals surface area contributed by atoms with Gasteiger partial charge in [0.2, 0.25) is 0 Å². The fourth-order valence-corrected chi connectivity index (χ4v) is 1.58. The highest BCUT2D eigenvalue weighted by Crippen LogP contribution is 2.26. The van der Waals surface area contributed by atoms with Crippen molar-refractivity contribution in [1.82, 2.24) is 10.2 Å². The fourth-order valence-electron chi connectivity index (χ4n) is 1.34. The molecule has 0 saturated heterocycles. The van der Waals surface area contributed by atoms with Crippen LogP contribution in [0.25, 0.3) is 0 Å². The van der Waals surface area contributed by atoms with Gasteiger partial charge in [-0.3, -0.25) is 0 Å². The molecule has 1 aromatic heterocycles. The Labute approximate surface area is 92.4 Å². The van der Waals surface area contributed by atoms with Gasteiger partial charge in [-0.2, -0.15) is 10.2 Å². The minimum atomic E-state index is -0.755. The standard InChI is InChI=1S/C11H9ClN2O/c12-10-4-2-1-3-9(10)11(15)8-5-6-13-14-7-8/h1-7,11,15H. The Kier molecular flexibility index (Phi) is 2.94. The van der Waals surface area contributed by atoms with Crippen LogP contribution < -0.4 is 0 Å². The van der Waals surface area contributed by atoms with Gasteiger partial charge in [0.05, 0.1) is 6.20 Å². The van der Waals surface area contributed by atoms with E-state index in [1.807, 2.05) is 12.1 Å². The summed E-state index contributed by atoms with van der Waals surface area (Å²) in [4.78, 5) is 0. The molecule has 0 aliphatic heterocycles. The topological polar surface area (TPSA) is 46.0 Å². The first-order valence-electron chi connectivity index (χ1n) is 4.48. The number of aromatic nitrogens is 2. The molecule has 1 atom stereocenters. The molecule has 2 rings (SSSR count). The maximum absolute atomic E-state index is 10.0. The van der Waals surface area contributed by atoms with Crippen LogP contribution in [0.4, 0.5) is 0 Å². The average molecular weight is 221 g/mol. The molecule has 1 aromatic carbocycles. The molecule has 3 nitrogen and oxygen atoms in total. The summed E-state index contributed by atoms with van der Waals surface area (Å²) >= 11 is 5.97. The van der Waals surface area contributed by atoms with Gasteiger partial charge in [0.25, 0.3) is 0 Å². The van der Waals surface area contributed by atoms with Crippen molar-refractivity contribution in [3.63, 3.8) is 0 Å². The van der Waals surface area contributed by atoms with Gasteiger partial charge in [-0.25, -0.2) is 0 Å². The molecule has 0 saturated carbocycles. The predicted molar refractivity (Wildman–Crippen MR) is 57.5 cm³/mol. The number of benzene rings is 1. The van der Waals surface area contributed by atoms with Crippen molar-refractivity contribution < 1.29 is 5.11 Å². The van der Waals surface area contributed by atoms with E-state index in [2.05, 4.69) is 10.2 Å². The van der Waals surface area contributed by atoms with E-state index < -0.39 is 6.10 Å². The molecular weight excluding hydrogens is 212 g/mol. The lowest BCUT2D eigenvalue weighted by molar-refractivity contribution is 0.219. The lowest BCUT2D eigenvalue weighted by Crippen LogP contribution is -2.01. The molecule has 1 heterocycles. The minimum Gasteiger partial charge on any atom is -0.384 e. The number of nitrogens with zero attached hydrogens (tertiary/aromatic N) is 2. The number of aliphatic hydroxyl groups is 1. The zero-order chi connectivity index (χ0) is 10.7. The number of hydrogen-bond donors (Lipinski definition) is 1. The summed E-state index contributed by atoms with van der Waals surface area (Å²) in [5.41, 5.74) is 1.35. The van der Waals surface area contributed by atoms with Crippen LogP contribution in [0.5, 0.6) is 0 Å². The Bertz CT molecular complexity index is 447. The van der Waals surface area contributed by atoms with E-state index in [0.29, 0.717) is 16.1 Å². The lowest BCUT2D eigenvalue weighted by atomic mass is 10.0. The number of aliphatic hydroxyl groups excluding tert-OH is 1. The number of rotatable bonds is 2. The summed E-state index contributed by atoms with van der Waals surface area (Å²) in [5.74, 6) is 0. The first kappa shape index (κ1) is 10.1. The van der Waals surface area contributed by atoms with Gasteiger partial charge < -0.3 is 5.11 Å². The van der Waals surface area contributed by atoms with Crippen LogP contribution in [0, 0.1) is 0 Å². The molecule has 0 bridgehead atoms. The lowest BCUT2D eigenvalue weighted by Gasteiger charge is -2.11. The van der Waals surface area contributed by atoms with Gasteiger partial charge in [0.15, 0.2) is 0 Å². The van der Waals surface area contributed by atoms with Crippen molar-refractivity contribution in [3.8, 4) is 0 Å². The highest BCUT2D eigenvalue weighted by Gasteiger charge is 2.13. The second kappa shape index (κ2) is 4.38. The van der Waals surface area contributed by atoms with Crippen molar-refractivity contribution in [2.24, 2.45) is 0 Å². The Morgan fingerprint density at radius 2 is 1.93 bits per heavy atom. The Morgan fingerprint density at radius 1 is 1.13 bits per heavy atom. The van der Waals surface area contributed by atoms with Gasteiger partial charge in [0.1, 0.15) is 6.10 Å². The minimum absolute atomic E-state index is 0.543. The van der Waals surface area contributed by atoms with Crippen molar-refractivity contribution in [2.45, 2.75) is 6.10 Å². The van der Waals surface area contributed by atoms with Gasteiger partial charge >= 0.3 is 0 Å². The summed E-state index contributed by atoms with van der Waals surface area (Å²) in [5, 5.41) is 17.9.